The predicted octanol–water partition coefficient (Wildman–Crippen LogP) is 0.664. The van der Waals surface area contributed by atoms with Crippen LogP contribution in [0.3, 0.4) is 0 Å². The molecule has 6 fully saturated rings. The monoisotopic (exact) mass is 814 g/mol. The number of carbonyl (C=O) groups is 1. The number of allylic oxidation sites excluding steroid dienone is 1. The van der Waals surface area contributed by atoms with Gasteiger partial charge in [0.15, 0.2) is 12.6 Å². The molecule has 19 atom stereocenters. The van der Waals surface area contributed by atoms with E-state index in [1.807, 2.05) is 13.8 Å². The van der Waals surface area contributed by atoms with Crippen LogP contribution in [0, 0.1) is 39.4 Å². The summed E-state index contributed by atoms with van der Waals surface area (Å²) in [5.74, 6) is 0.469. The van der Waals surface area contributed by atoms with E-state index in [1.165, 1.54) is 5.57 Å². The van der Waals surface area contributed by atoms with Crippen LogP contribution in [0.2, 0.25) is 0 Å². The summed E-state index contributed by atoms with van der Waals surface area (Å²) >= 11 is 0. The summed E-state index contributed by atoms with van der Waals surface area (Å²) in [6, 6.07) is 0. The average molecular weight is 815 g/mol. The van der Waals surface area contributed by atoms with Crippen LogP contribution in [-0.2, 0) is 28.5 Å². The van der Waals surface area contributed by atoms with E-state index in [4.69, 9.17) is 23.7 Å². The van der Waals surface area contributed by atoms with Gasteiger partial charge < -0.3 is 70.0 Å². The van der Waals surface area contributed by atoms with Gasteiger partial charge >= 0.3 is 0 Å². The number of ketones is 1. The molecule has 10 N–H and O–H groups in total. The number of hydrogen-bond donors (Lipinski definition) is 8. The predicted molar refractivity (Wildman–Crippen MR) is 203 cm³/mol. The zero-order chi connectivity index (χ0) is 41.1. The maximum atomic E-state index is 15.0. The van der Waals surface area contributed by atoms with E-state index in [2.05, 4.69) is 47.6 Å². The molecule has 0 unspecified atom stereocenters. The van der Waals surface area contributed by atoms with Gasteiger partial charge in [0.1, 0.15) is 54.6 Å². The van der Waals surface area contributed by atoms with Crippen LogP contribution in [0.4, 0.5) is 0 Å². The molecule has 3 aliphatic heterocycles. The molecule has 4 aliphatic carbocycles. The van der Waals surface area contributed by atoms with Crippen molar-refractivity contribution < 1.29 is 74.8 Å². The van der Waals surface area contributed by atoms with Crippen molar-refractivity contribution in [1.82, 2.24) is 0 Å². The lowest BCUT2D eigenvalue weighted by atomic mass is 9.38. The Bertz CT molecular complexity index is 1520. The second-order valence-electron chi connectivity index (χ2n) is 20.3. The molecule has 328 valence electrons. The van der Waals surface area contributed by atoms with Crippen LogP contribution in [-0.4, -0.2) is 150 Å². The third-order valence-electron chi connectivity index (χ3n) is 16.8. The summed E-state index contributed by atoms with van der Waals surface area (Å²) in [5.41, 5.74) is -1.98. The smallest absolute Gasteiger partial charge is 0.187 e. The average Bonchev–Trinajstić information content (AvgIpc) is 3.68. The van der Waals surface area contributed by atoms with E-state index in [0.717, 1.165) is 25.7 Å². The molecule has 0 bridgehead atoms. The van der Waals surface area contributed by atoms with Gasteiger partial charge in [0, 0.05) is 17.3 Å². The maximum absolute atomic E-state index is 15.0. The summed E-state index contributed by atoms with van der Waals surface area (Å²) in [6.07, 6.45) is -6.34. The van der Waals surface area contributed by atoms with Gasteiger partial charge in [0.25, 0.3) is 0 Å². The first-order valence-corrected chi connectivity index (χ1v) is 20.9. The number of rotatable bonds is 8. The third-order valence-corrected chi connectivity index (χ3v) is 16.8. The Hall–Kier alpha value is -1.15. The first kappa shape index (κ1) is 45.4. The maximum Gasteiger partial charge on any atom is 0.187 e. The fraction of sp³-hybridized carbons (Fsp3) is 0.929. The zero-order valence-corrected chi connectivity index (χ0v) is 34.8. The standard InChI is InChI=1S/C42H68O14.H2O/c1-37(2)20-9-11-25-39(5)15-13-24(41(7)16-14-28(55-41)38(3,4)56-36-34(51)32(49)30(47)23(19-44)53-36)40(39,6)17-26(45)42(25,8)21(20)10-12-27(37)54-35-33(50)31(48)29(46)22(18-43)52-35;/h9,21-25,27-36,43-44,46-51H,10-19H2,1-8H3;1H2/t21-,22-,23-,24+,25+,27+,28+,29-,30-,31+,32+,33-,34-,35+,36+,39+,40-,41+,42+;/m1./s1. The Morgan fingerprint density at radius 2 is 1.32 bits per heavy atom. The number of ether oxygens (including phenoxy) is 5. The number of hydrogen-bond acceptors (Lipinski definition) is 14. The lowest BCUT2D eigenvalue weighted by Crippen LogP contribution is -2.64. The normalized spacial score (nSPS) is 52.3. The van der Waals surface area contributed by atoms with Crippen molar-refractivity contribution in [3.8, 4) is 0 Å². The lowest BCUT2D eigenvalue weighted by molar-refractivity contribution is -0.334. The molecule has 3 saturated carbocycles. The van der Waals surface area contributed by atoms with Gasteiger partial charge in [0.2, 0.25) is 0 Å². The molecule has 15 nitrogen and oxygen atoms in total. The first-order chi connectivity index (χ1) is 26.0. The van der Waals surface area contributed by atoms with Gasteiger partial charge in [-0.05, 0) is 94.3 Å². The van der Waals surface area contributed by atoms with Crippen LogP contribution in [0.1, 0.15) is 107 Å². The largest absolute Gasteiger partial charge is 0.412 e. The molecular formula is C42H70O15. The van der Waals surface area contributed by atoms with Crippen LogP contribution in [0.5, 0.6) is 0 Å². The van der Waals surface area contributed by atoms with Gasteiger partial charge in [-0.2, -0.15) is 0 Å². The van der Waals surface area contributed by atoms with Gasteiger partial charge in [-0.1, -0.05) is 46.3 Å². The van der Waals surface area contributed by atoms with Gasteiger partial charge in [0.05, 0.1) is 36.6 Å². The minimum atomic E-state index is -1.54. The molecule has 0 spiro atoms. The highest BCUT2D eigenvalue weighted by Gasteiger charge is 2.72. The van der Waals surface area contributed by atoms with Crippen LogP contribution in [0.15, 0.2) is 11.6 Å². The van der Waals surface area contributed by atoms with E-state index < -0.39 is 103 Å². The van der Waals surface area contributed by atoms with Crippen molar-refractivity contribution in [2.75, 3.05) is 13.2 Å². The van der Waals surface area contributed by atoms with Crippen LogP contribution < -0.4 is 0 Å². The second-order valence-corrected chi connectivity index (χ2v) is 20.3. The van der Waals surface area contributed by atoms with E-state index in [0.29, 0.717) is 25.7 Å². The SMILES string of the molecule is CC(C)(O[C@@H]1O[C@H](CO)[C@@H](O)[C@H](O)[C@H]1O)[C@@H]1CC[C@@](C)([C@H]2CC[C@@]3(C)[C@@H]4CC=C5[C@@H](CC[C@H](O[C@@H]6O[C@H](CO)[C@@H](O)[C@H](O)[C@H]6O)C5(C)C)[C@]4(C)C(=O)C[C@]23C)O1.O. The lowest BCUT2D eigenvalue weighted by Gasteiger charge is -2.65. The molecule has 0 amide bonds. The number of fused-ring (bicyclic) bond motifs is 5. The van der Waals surface area contributed by atoms with Crippen molar-refractivity contribution in [2.24, 2.45) is 39.4 Å². The molecular weight excluding hydrogens is 744 g/mol. The molecule has 0 radical (unpaired) electrons. The number of carbonyl (C=O) groups excluding carboxylic acids is 1. The molecule has 0 aromatic carbocycles. The van der Waals surface area contributed by atoms with E-state index >= 15 is 0 Å². The van der Waals surface area contributed by atoms with Crippen molar-refractivity contribution >= 4 is 5.78 Å². The third kappa shape index (κ3) is 6.73. The van der Waals surface area contributed by atoms with Crippen molar-refractivity contribution in [3.05, 3.63) is 11.6 Å². The number of aliphatic hydroxyl groups excluding tert-OH is 8. The Balaban J connectivity index is 0.00000549. The van der Waals surface area contributed by atoms with E-state index in [9.17, 15) is 45.6 Å². The van der Waals surface area contributed by atoms with Crippen molar-refractivity contribution in [1.29, 1.82) is 0 Å². The second kappa shape index (κ2) is 15.3. The van der Waals surface area contributed by atoms with Gasteiger partial charge in [-0.15, -0.1) is 0 Å². The quantitative estimate of drug-likeness (QED) is 0.157. The summed E-state index contributed by atoms with van der Waals surface area (Å²) in [4.78, 5) is 15.0. The highest BCUT2D eigenvalue weighted by Crippen LogP contribution is 2.75. The molecule has 0 aromatic rings. The minimum absolute atomic E-state index is 0. The highest BCUT2D eigenvalue weighted by atomic mass is 16.7. The van der Waals surface area contributed by atoms with E-state index in [-0.39, 0.29) is 45.9 Å². The molecule has 3 saturated heterocycles. The van der Waals surface area contributed by atoms with Crippen molar-refractivity contribution in [3.63, 3.8) is 0 Å². The van der Waals surface area contributed by atoms with Crippen LogP contribution >= 0.6 is 0 Å². The van der Waals surface area contributed by atoms with Crippen LogP contribution in [0.25, 0.3) is 0 Å². The Labute approximate surface area is 336 Å². The van der Waals surface area contributed by atoms with Gasteiger partial charge in [-0.3, -0.25) is 4.79 Å². The molecule has 3 heterocycles. The van der Waals surface area contributed by atoms with Crippen molar-refractivity contribution in [2.45, 2.75) is 192 Å². The molecule has 57 heavy (non-hydrogen) atoms. The fourth-order valence-electron chi connectivity index (χ4n) is 13.1. The summed E-state index contributed by atoms with van der Waals surface area (Å²) < 4.78 is 31.1. The Morgan fingerprint density at radius 1 is 0.737 bits per heavy atom. The Morgan fingerprint density at radius 3 is 1.91 bits per heavy atom. The summed E-state index contributed by atoms with van der Waals surface area (Å²) in [5, 5.41) is 82.2. The molecule has 7 rings (SSSR count). The molecule has 7 aliphatic rings. The zero-order valence-electron chi connectivity index (χ0n) is 34.8. The molecule has 15 heteroatoms. The Kier molecular flexibility index (Phi) is 12.2. The first-order valence-electron chi connectivity index (χ1n) is 20.9. The fourth-order valence-corrected chi connectivity index (χ4v) is 13.1. The minimum Gasteiger partial charge on any atom is -0.412 e. The molecule has 0 aromatic heterocycles. The number of aliphatic hydroxyl groups is 8. The van der Waals surface area contributed by atoms with E-state index in [1.54, 1.807) is 0 Å². The highest BCUT2D eigenvalue weighted by molar-refractivity contribution is 5.88. The summed E-state index contributed by atoms with van der Waals surface area (Å²) in [7, 11) is 0. The summed E-state index contributed by atoms with van der Waals surface area (Å²) in [6.45, 7) is 15.9. The number of Topliss-reactive ketones (excluding diaryl/α,β-unsaturated/α-hetero) is 1. The topological polar surface area (TPSA) is 257 Å². The van der Waals surface area contributed by atoms with Gasteiger partial charge in [-0.25, -0.2) is 0 Å².